The summed E-state index contributed by atoms with van der Waals surface area (Å²) in [7, 11) is 0. The van der Waals surface area contributed by atoms with E-state index in [-0.39, 0.29) is 0 Å². The lowest BCUT2D eigenvalue weighted by Gasteiger charge is -2.34. The number of benzene rings is 2. The van der Waals surface area contributed by atoms with Gasteiger partial charge in [0.15, 0.2) is 0 Å². The van der Waals surface area contributed by atoms with Crippen molar-refractivity contribution in [2.45, 2.75) is 32.2 Å². The van der Waals surface area contributed by atoms with Crippen LogP contribution >= 0.6 is 0 Å². The van der Waals surface area contributed by atoms with Crippen LogP contribution in [-0.2, 0) is 25.8 Å². The van der Waals surface area contributed by atoms with Crippen molar-refractivity contribution in [3.8, 4) is 0 Å². The lowest BCUT2D eigenvalue weighted by Crippen LogP contribution is -2.47. The van der Waals surface area contributed by atoms with Crippen molar-refractivity contribution in [1.82, 2.24) is 30.2 Å². The van der Waals surface area contributed by atoms with Crippen LogP contribution in [0.4, 0.5) is 11.9 Å². The van der Waals surface area contributed by atoms with E-state index >= 15 is 0 Å². The number of fused-ring (bicyclic) bond motifs is 1. The van der Waals surface area contributed by atoms with Gasteiger partial charge in [-0.1, -0.05) is 48.5 Å². The lowest BCUT2D eigenvalue weighted by molar-refractivity contribution is 0.624. The number of hydrogen-bond acceptors (Lipinski definition) is 8. The monoisotopic (exact) mass is 492 g/mol. The Labute approximate surface area is 217 Å². The molecule has 1 fully saturated rings. The van der Waals surface area contributed by atoms with Crippen LogP contribution in [0.1, 0.15) is 40.1 Å². The first-order valence-electron chi connectivity index (χ1n) is 13.1. The number of hydrogen-bond donors (Lipinski definition) is 1. The van der Waals surface area contributed by atoms with Crippen LogP contribution in [0.2, 0.25) is 0 Å². The van der Waals surface area contributed by atoms with Gasteiger partial charge in [0.2, 0.25) is 11.9 Å². The van der Waals surface area contributed by atoms with Gasteiger partial charge in [0.05, 0.1) is 0 Å². The molecule has 8 nitrogen and oxygen atoms in total. The molecule has 8 heteroatoms. The summed E-state index contributed by atoms with van der Waals surface area (Å²) in [4.78, 5) is 27.5. The standard InChI is InChI=1S/C29H32N8/c1-2-5-22(6-3-1)15-24-18-31-28(32-19-24)36-11-13-37(14-12-36)29-34-21-33-27(35-29)17-23-8-9-26-20-30-10-4-7-25(26)16-23/h1-3,5-6,8-9,16,18-19,21,30H,4,7,10-15,17,20H2. The number of nitrogens with one attached hydrogen (secondary N) is 1. The Kier molecular flexibility index (Phi) is 6.99. The van der Waals surface area contributed by atoms with E-state index in [0.717, 1.165) is 81.8 Å². The van der Waals surface area contributed by atoms with Crippen molar-refractivity contribution < 1.29 is 0 Å². The maximum Gasteiger partial charge on any atom is 0.228 e. The topological polar surface area (TPSA) is 83.0 Å². The number of piperazine rings is 1. The van der Waals surface area contributed by atoms with E-state index in [4.69, 9.17) is 4.98 Å². The molecule has 2 aromatic heterocycles. The Morgan fingerprint density at radius 3 is 2.30 bits per heavy atom. The summed E-state index contributed by atoms with van der Waals surface area (Å²) < 4.78 is 0. The Hall–Kier alpha value is -3.91. The fourth-order valence-electron chi connectivity index (χ4n) is 5.10. The van der Waals surface area contributed by atoms with E-state index in [0.29, 0.717) is 0 Å². The molecular weight excluding hydrogens is 460 g/mol. The first kappa shape index (κ1) is 23.5. The predicted molar refractivity (Wildman–Crippen MR) is 145 cm³/mol. The highest BCUT2D eigenvalue weighted by atomic mass is 15.4. The van der Waals surface area contributed by atoms with Gasteiger partial charge in [-0.25, -0.2) is 19.9 Å². The van der Waals surface area contributed by atoms with E-state index in [9.17, 15) is 0 Å². The van der Waals surface area contributed by atoms with E-state index in [1.54, 1.807) is 6.33 Å². The average molecular weight is 493 g/mol. The van der Waals surface area contributed by atoms with Crippen LogP contribution in [-0.4, -0.2) is 57.6 Å². The van der Waals surface area contributed by atoms with Crippen molar-refractivity contribution in [2.24, 2.45) is 0 Å². The van der Waals surface area contributed by atoms with Crippen molar-refractivity contribution in [2.75, 3.05) is 42.5 Å². The van der Waals surface area contributed by atoms with Crippen LogP contribution in [0.3, 0.4) is 0 Å². The number of rotatable bonds is 6. The number of nitrogens with zero attached hydrogens (tertiary/aromatic N) is 7. The Balaban J connectivity index is 1.06. The van der Waals surface area contributed by atoms with Gasteiger partial charge in [0.1, 0.15) is 12.2 Å². The SMILES string of the molecule is c1ccc(Cc2cnc(N3CCN(c4ncnc(Cc5ccc6c(c5)CCCNC6)n4)CC3)nc2)cc1. The quantitative estimate of drug-likeness (QED) is 0.439. The van der Waals surface area contributed by atoms with Crippen LogP contribution in [0, 0.1) is 0 Å². The normalized spacial score (nSPS) is 15.8. The van der Waals surface area contributed by atoms with E-state index < -0.39 is 0 Å². The molecule has 4 aromatic rings. The van der Waals surface area contributed by atoms with Gasteiger partial charge >= 0.3 is 0 Å². The molecule has 6 rings (SSSR count). The summed E-state index contributed by atoms with van der Waals surface area (Å²) in [5.41, 5.74) is 6.50. The molecular formula is C29H32N8. The third kappa shape index (κ3) is 5.75. The molecule has 2 aliphatic rings. The maximum absolute atomic E-state index is 4.81. The molecule has 0 spiro atoms. The maximum atomic E-state index is 4.81. The Morgan fingerprint density at radius 1 is 0.703 bits per heavy atom. The fourth-order valence-corrected chi connectivity index (χ4v) is 5.10. The van der Waals surface area contributed by atoms with E-state index in [1.807, 2.05) is 18.5 Å². The van der Waals surface area contributed by atoms with Gasteiger partial charge in [-0.05, 0) is 47.2 Å². The summed E-state index contributed by atoms with van der Waals surface area (Å²) in [6.45, 7) is 5.35. The minimum absolute atomic E-state index is 0.722. The highest BCUT2D eigenvalue weighted by Crippen LogP contribution is 2.19. The molecule has 0 radical (unpaired) electrons. The first-order chi connectivity index (χ1) is 18.3. The largest absolute Gasteiger partial charge is 0.337 e. The molecule has 1 saturated heterocycles. The number of anilines is 2. The summed E-state index contributed by atoms with van der Waals surface area (Å²) in [6, 6.07) is 17.2. The zero-order chi connectivity index (χ0) is 24.9. The van der Waals surface area contributed by atoms with Gasteiger partial charge in [-0.15, -0.1) is 0 Å². The van der Waals surface area contributed by atoms with Crippen molar-refractivity contribution >= 4 is 11.9 Å². The zero-order valence-corrected chi connectivity index (χ0v) is 21.1. The van der Waals surface area contributed by atoms with Gasteiger partial charge < -0.3 is 15.1 Å². The van der Waals surface area contributed by atoms with Crippen molar-refractivity contribution in [3.05, 3.63) is 101 Å². The number of aryl methyl sites for hydroxylation is 1. The third-order valence-corrected chi connectivity index (χ3v) is 7.15. The predicted octanol–water partition coefficient (Wildman–Crippen LogP) is 3.21. The Morgan fingerprint density at radius 2 is 1.49 bits per heavy atom. The van der Waals surface area contributed by atoms with Crippen LogP contribution in [0.15, 0.2) is 67.3 Å². The summed E-state index contributed by atoms with van der Waals surface area (Å²) in [5, 5.41) is 3.49. The zero-order valence-electron chi connectivity index (χ0n) is 21.1. The molecule has 188 valence electrons. The molecule has 4 heterocycles. The molecule has 0 bridgehead atoms. The second-order valence-electron chi connectivity index (χ2n) is 9.79. The van der Waals surface area contributed by atoms with E-state index in [1.165, 1.54) is 28.7 Å². The molecule has 1 N–H and O–H groups in total. The number of aromatic nitrogens is 5. The van der Waals surface area contributed by atoms with Crippen LogP contribution in [0.25, 0.3) is 0 Å². The van der Waals surface area contributed by atoms with Gasteiger partial charge in [0.25, 0.3) is 0 Å². The Bertz CT molecular complexity index is 1320. The van der Waals surface area contributed by atoms with Gasteiger partial charge in [-0.3, -0.25) is 0 Å². The molecule has 37 heavy (non-hydrogen) atoms. The lowest BCUT2D eigenvalue weighted by atomic mass is 9.99. The van der Waals surface area contributed by atoms with Gasteiger partial charge in [0, 0.05) is 58.0 Å². The molecule has 0 aliphatic carbocycles. The highest BCUT2D eigenvalue weighted by Gasteiger charge is 2.21. The molecule has 0 atom stereocenters. The molecule has 2 aromatic carbocycles. The molecule has 0 saturated carbocycles. The molecule has 0 amide bonds. The van der Waals surface area contributed by atoms with Crippen molar-refractivity contribution in [1.29, 1.82) is 0 Å². The first-order valence-corrected chi connectivity index (χ1v) is 13.1. The van der Waals surface area contributed by atoms with E-state index in [2.05, 4.69) is 77.5 Å². The summed E-state index contributed by atoms with van der Waals surface area (Å²) in [6.07, 6.45) is 9.41. The van der Waals surface area contributed by atoms with Crippen molar-refractivity contribution in [3.63, 3.8) is 0 Å². The second kappa shape index (κ2) is 11.0. The summed E-state index contributed by atoms with van der Waals surface area (Å²) >= 11 is 0. The fraction of sp³-hybridized carbons (Fsp3) is 0.345. The smallest absolute Gasteiger partial charge is 0.228 e. The van der Waals surface area contributed by atoms with Gasteiger partial charge in [-0.2, -0.15) is 4.98 Å². The van der Waals surface area contributed by atoms with Crippen LogP contribution < -0.4 is 15.1 Å². The minimum Gasteiger partial charge on any atom is -0.337 e. The third-order valence-electron chi connectivity index (χ3n) is 7.15. The highest BCUT2D eigenvalue weighted by molar-refractivity contribution is 5.39. The second-order valence-corrected chi connectivity index (χ2v) is 9.79. The molecule has 0 unspecified atom stereocenters. The molecule has 2 aliphatic heterocycles. The summed E-state index contributed by atoms with van der Waals surface area (Å²) in [5.74, 6) is 2.35. The van der Waals surface area contributed by atoms with Crippen LogP contribution in [0.5, 0.6) is 0 Å². The average Bonchev–Trinajstić information content (AvgIpc) is 3.20. The minimum atomic E-state index is 0.722.